The van der Waals surface area contributed by atoms with Gasteiger partial charge in [0, 0.05) is 23.2 Å². The van der Waals surface area contributed by atoms with Crippen molar-refractivity contribution in [1.82, 2.24) is 0 Å². The molecule has 0 bridgehead atoms. The number of ether oxygens (including phenoxy) is 1. The molecule has 11 heteroatoms. The first-order chi connectivity index (χ1) is 15.9. The molecular formula is C25H36Na2O9. The number of carboxylic acid groups (broad SMARTS) is 1. The van der Waals surface area contributed by atoms with Gasteiger partial charge in [-0.1, -0.05) is 19.4 Å². The third-order valence-electron chi connectivity index (χ3n) is 9.55. The van der Waals surface area contributed by atoms with Gasteiger partial charge in [0.25, 0.3) is 0 Å². The first-order valence-electron chi connectivity index (χ1n) is 12.1. The molecular weight excluding hydrogens is 490 g/mol. The Bertz CT molecular complexity index is 952. The molecule has 0 heterocycles. The Morgan fingerprint density at radius 3 is 2.42 bits per heavy atom. The molecule has 3 fully saturated rings. The van der Waals surface area contributed by atoms with Gasteiger partial charge in [-0.05, 0) is 50.0 Å². The number of aliphatic hydroxyl groups excluding tert-OH is 2. The van der Waals surface area contributed by atoms with Crippen LogP contribution < -0.4 is 0 Å². The van der Waals surface area contributed by atoms with Crippen LogP contribution in [0.2, 0.25) is 0 Å². The maximum atomic E-state index is 12.5. The number of Topliss-reactive ketones (excluding diaryl/α,β-unsaturated/α-hetero) is 1. The summed E-state index contributed by atoms with van der Waals surface area (Å²) in [6.45, 7) is 2.96. The van der Waals surface area contributed by atoms with Gasteiger partial charge < -0.3 is 25.2 Å². The van der Waals surface area contributed by atoms with E-state index in [1.54, 1.807) is 6.08 Å². The van der Waals surface area contributed by atoms with Crippen molar-refractivity contribution in [3.05, 3.63) is 11.6 Å². The van der Waals surface area contributed by atoms with E-state index in [1.807, 2.05) is 13.8 Å². The van der Waals surface area contributed by atoms with Crippen LogP contribution in [-0.2, 0) is 23.9 Å². The van der Waals surface area contributed by atoms with Gasteiger partial charge in [-0.2, -0.15) is 0 Å². The molecule has 0 amide bonds. The van der Waals surface area contributed by atoms with E-state index in [9.17, 15) is 34.5 Å². The standard InChI is InChI=1S/C25H34O9.2Na.2H/c1-23-11-17(28)22-15(16(23)7-8-25(23,33)18(29)12-26)4-3-13-9-14(27)10-19(24(13,22)2)34-21(32)6-5-20(30)31;;;;/h9,15-17,19,22,26,28,33H,3-8,10-12H2,1-2H3,(H,30,31);;;;/t15-,16-,17-,19?,22+,23-,24+,25-;;;;/m0..../s1. The Hall–Kier alpha value is -0.100. The molecule has 9 nitrogen and oxygen atoms in total. The van der Waals surface area contributed by atoms with Crippen LogP contribution in [0.25, 0.3) is 0 Å². The molecule has 4 rings (SSSR count). The predicted octanol–water partition coefficient (Wildman–Crippen LogP) is -0.129. The van der Waals surface area contributed by atoms with Crippen LogP contribution in [0.4, 0.5) is 0 Å². The van der Waals surface area contributed by atoms with Crippen molar-refractivity contribution in [3.8, 4) is 0 Å². The van der Waals surface area contributed by atoms with Crippen LogP contribution >= 0.6 is 0 Å². The molecule has 0 aromatic carbocycles. The number of carboxylic acids is 1. The Balaban J connectivity index is 0.00000228. The summed E-state index contributed by atoms with van der Waals surface area (Å²) in [5.41, 5.74) is -2.61. The molecule has 0 aliphatic heterocycles. The number of hydrogen-bond acceptors (Lipinski definition) is 8. The van der Waals surface area contributed by atoms with Gasteiger partial charge in [0.2, 0.25) is 0 Å². The van der Waals surface area contributed by atoms with E-state index in [1.165, 1.54) is 0 Å². The molecule has 36 heavy (non-hydrogen) atoms. The quantitative estimate of drug-likeness (QED) is 0.273. The molecule has 0 aromatic rings. The molecule has 4 N–H and O–H groups in total. The van der Waals surface area contributed by atoms with Crippen LogP contribution in [0.15, 0.2) is 11.6 Å². The van der Waals surface area contributed by atoms with Gasteiger partial charge in [-0.3, -0.25) is 19.2 Å². The summed E-state index contributed by atoms with van der Waals surface area (Å²) in [6, 6.07) is 0. The van der Waals surface area contributed by atoms with Crippen LogP contribution in [0.3, 0.4) is 0 Å². The fourth-order valence-electron chi connectivity index (χ4n) is 7.89. The topological polar surface area (TPSA) is 158 Å². The van der Waals surface area contributed by atoms with E-state index in [2.05, 4.69) is 0 Å². The van der Waals surface area contributed by atoms with Crippen molar-refractivity contribution >= 4 is 82.6 Å². The van der Waals surface area contributed by atoms with E-state index in [-0.39, 0.29) is 115 Å². The zero-order valence-electron chi connectivity index (χ0n) is 19.7. The second kappa shape index (κ2) is 11.6. The van der Waals surface area contributed by atoms with Gasteiger partial charge in [0.15, 0.2) is 11.6 Å². The zero-order chi connectivity index (χ0) is 25.1. The second-order valence-electron chi connectivity index (χ2n) is 11.0. The van der Waals surface area contributed by atoms with E-state index in [4.69, 9.17) is 9.84 Å². The Labute approximate surface area is 255 Å². The fraction of sp³-hybridized carbons (Fsp3) is 0.760. The van der Waals surface area contributed by atoms with Crippen LogP contribution in [0, 0.1) is 28.6 Å². The first kappa shape index (κ1) is 32.1. The number of aliphatic hydroxyl groups is 3. The summed E-state index contributed by atoms with van der Waals surface area (Å²) in [5.74, 6) is -3.12. The Kier molecular flexibility index (Phi) is 10.3. The van der Waals surface area contributed by atoms with Crippen LogP contribution in [0.5, 0.6) is 0 Å². The van der Waals surface area contributed by atoms with Gasteiger partial charge in [-0.25, -0.2) is 0 Å². The van der Waals surface area contributed by atoms with Crippen LogP contribution in [-0.4, -0.2) is 127 Å². The van der Waals surface area contributed by atoms with E-state index in [0.29, 0.717) is 19.3 Å². The van der Waals surface area contributed by atoms with Crippen LogP contribution in [0.1, 0.15) is 65.2 Å². The van der Waals surface area contributed by atoms with Gasteiger partial charge in [0.1, 0.15) is 18.3 Å². The van der Waals surface area contributed by atoms with Crippen molar-refractivity contribution in [2.75, 3.05) is 6.61 Å². The van der Waals surface area contributed by atoms with E-state index >= 15 is 0 Å². The first-order valence-corrected chi connectivity index (χ1v) is 12.1. The van der Waals surface area contributed by atoms with Crippen molar-refractivity contribution in [3.63, 3.8) is 0 Å². The molecule has 1 unspecified atom stereocenters. The molecule has 192 valence electrons. The molecule has 4 aliphatic carbocycles. The number of fused-ring (bicyclic) bond motifs is 5. The minimum absolute atomic E-state index is 0. The average molecular weight is 527 g/mol. The number of ketones is 2. The van der Waals surface area contributed by atoms with E-state index in [0.717, 1.165) is 5.57 Å². The third-order valence-corrected chi connectivity index (χ3v) is 9.55. The van der Waals surface area contributed by atoms with E-state index < -0.39 is 53.0 Å². The number of carbonyl (C=O) groups is 4. The van der Waals surface area contributed by atoms with Crippen molar-refractivity contribution in [1.29, 1.82) is 0 Å². The van der Waals surface area contributed by atoms with Gasteiger partial charge in [-0.15, -0.1) is 0 Å². The van der Waals surface area contributed by atoms with Crippen molar-refractivity contribution < 1.29 is 44.3 Å². The summed E-state index contributed by atoms with van der Waals surface area (Å²) in [6.07, 6.45) is 1.31. The Morgan fingerprint density at radius 2 is 1.81 bits per heavy atom. The average Bonchev–Trinajstić information content (AvgIpc) is 3.03. The SMILES string of the molecule is C[C@]12C[C@H](O)[C@H]3[C@@H](CCC4=CC(=O)CC(OC(=O)CCC(=O)O)[C@@]43C)[C@@H]1CC[C@]2(O)C(=O)CO.[NaH].[NaH]. The molecule has 0 saturated heterocycles. The van der Waals surface area contributed by atoms with Gasteiger partial charge >= 0.3 is 71.1 Å². The fourth-order valence-corrected chi connectivity index (χ4v) is 7.89. The predicted molar refractivity (Wildman–Crippen MR) is 132 cm³/mol. The number of hydrogen-bond donors (Lipinski definition) is 4. The summed E-state index contributed by atoms with van der Waals surface area (Å²) >= 11 is 0. The number of carbonyl (C=O) groups excluding carboxylic acids is 3. The van der Waals surface area contributed by atoms with Gasteiger partial charge in [0.05, 0.1) is 18.9 Å². The second-order valence-corrected chi connectivity index (χ2v) is 11.0. The molecule has 0 radical (unpaired) electrons. The zero-order valence-corrected chi connectivity index (χ0v) is 19.7. The minimum atomic E-state index is -1.71. The molecule has 0 spiro atoms. The summed E-state index contributed by atoms with van der Waals surface area (Å²) in [4.78, 5) is 48.3. The molecule has 0 aromatic heterocycles. The summed E-state index contributed by atoms with van der Waals surface area (Å²) < 4.78 is 5.70. The normalized spacial score (nSPS) is 40.9. The Morgan fingerprint density at radius 1 is 1.14 bits per heavy atom. The molecule has 3 saturated carbocycles. The maximum absolute atomic E-state index is 12.5. The molecule has 8 atom stereocenters. The van der Waals surface area contributed by atoms with Crippen molar-refractivity contribution in [2.45, 2.75) is 83.0 Å². The number of esters is 1. The molecule has 4 aliphatic rings. The third kappa shape index (κ3) is 4.97. The summed E-state index contributed by atoms with van der Waals surface area (Å²) in [5, 5.41) is 41.2. The number of rotatable bonds is 6. The number of aliphatic carboxylic acids is 1. The monoisotopic (exact) mass is 526 g/mol. The summed E-state index contributed by atoms with van der Waals surface area (Å²) in [7, 11) is 0. The van der Waals surface area contributed by atoms with Crippen molar-refractivity contribution in [2.24, 2.45) is 28.6 Å².